The fraction of sp³-hybridized carbons (Fsp3) is 0.308. The van der Waals surface area contributed by atoms with Crippen molar-refractivity contribution in [2.45, 2.75) is 18.9 Å². The number of anilines is 1. The molecule has 0 unspecified atom stereocenters. The van der Waals surface area contributed by atoms with Crippen molar-refractivity contribution < 1.29 is 9.90 Å². The van der Waals surface area contributed by atoms with Crippen LogP contribution in [0.2, 0.25) is 0 Å². The Morgan fingerprint density at radius 2 is 2.22 bits per heavy atom. The minimum absolute atomic E-state index is 0.447. The maximum Gasteiger partial charge on any atom is 0.326 e. The van der Waals surface area contributed by atoms with Crippen LogP contribution in [0.3, 0.4) is 0 Å². The first-order valence-corrected chi connectivity index (χ1v) is 5.96. The molecule has 3 heterocycles. The monoisotopic (exact) mass is 243 g/mol. The van der Waals surface area contributed by atoms with E-state index in [4.69, 9.17) is 0 Å². The highest BCUT2D eigenvalue weighted by molar-refractivity contribution is 5.90. The zero-order chi connectivity index (χ0) is 12.5. The predicted molar refractivity (Wildman–Crippen MR) is 67.5 cm³/mol. The molecule has 1 atom stereocenters. The number of hydrogen-bond donors (Lipinski definition) is 1. The molecule has 1 fully saturated rings. The highest BCUT2D eigenvalue weighted by Gasteiger charge is 2.31. The number of aromatic nitrogens is 2. The second kappa shape index (κ2) is 4.25. The minimum atomic E-state index is -0.770. The molecule has 1 N–H and O–H groups in total. The highest BCUT2D eigenvalue weighted by Crippen LogP contribution is 2.30. The molecule has 0 aromatic carbocycles. The molecular formula is C13H13N3O2. The van der Waals surface area contributed by atoms with Crippen molar-refractivity contribution in [1.82, 2.24) is 9.97 Å². The molecule has 1 aliphatic heterocycles. The topological polar surface area (TPSA) is 66.3 Å². The van der Waals surface area contributed by atoms with Gasteiger partial charge in [-0.2, -0.15) is 0 Å². The van der Waals surface area contributed by atoms with Gasteiger partial charge in [-0.25, -0.2) is 4.79 Å². The Balaban J connectivity index is 2.11. The van der Waals surface area contributed by atoms with Crippen LogP contribution in [0.15, 0.2) is 30.6 Å². The van der Waals surface area contributed by atoms with Crippen LogP contribution in [-0.4, -0.2) is 33.6 Å². The van der Waals surface area contributed by atoms with Gasteiger partial charge in [0, 0.05) is 18.9 Å². The second-order valence-electron chi connectivity index (χ2n) is 4.39. The largest absolute Gasteiger partial charge is 0.480 e. The number of carbonyl (C=O) groups is 1. The first-order chi connectivity index (χ1) is 8.77. The third-order valence-electron chi connectivity index (χ3n) is 3.32. The van der Waals surface area contributed by atoms with Gasteiger partial charge in [0.2, 0.25) is 0 Å². The predicted octanol–water partition coefficient (Wildman–Crippen LogP) is 1.68. The van der Waals surface area contributed by atoms with E-state index in [1.807, 2.05) is 23.1 Å². The van der Waals surface area contributed by atoms with E-state index in [-0.39, 0.29) is 0 Å². The first-order valence-electron chi connectivity index (χ1n) is 5.96. The Labute approximate surface area is 104 Å². The van der Waals surface area contributed by atoms with Gasteiger partial charge in [0.05, 0.1) is 11.2 Å². The Morgan fingerprint density at radius 3 is 3.06 bits per heavy atom. The molecule has 0 aliphatic carbocycles. The smallest absolute Gasteiger partial charge is 0.326 e. The molecule has 0 radical (unpaired) electrons. The Kier molecular flexibility index (Phi) is 2.59. The molecule has 0 spiro atoms. The van der Waals surface area contributed by atoms with Crippen LogP contribution in [0.5, 0.6) is 0 Å². The van der Waals surface area contributed by atoms with Gasteiger partial charge in [0.1, 0.15) is 11.6 Å². The molecule has 2 aromatic heterocycles. The van der Waals surface area contributed by atoms with Gasteiger partial charge in [-0.3, -0.25) is 9.97 Å². The summed E-state index contributed by atoms with van der Waals surface area (Å²) in [6.07, 6.45) is 5.00. The summed E-state index contributed by atoms with van der Waals surface area (Å²) in [5.74, 6) is -0.770. The van der Waals surface area contributed by atoms with Gasteiger partial charge < -0.3 is 10.0 Å². The van der Waals surface area contributed by atoms with Crippen LogP contribution < -0.4 is 4.90 Å². The average molecular weight is 243 g/mol. The molecule has 0 saturated carbocycles. The fourth-order valence-corrected chi connectivity index (χ4v) is 2.51. The van der Waals surface area contributed by atoms with E-state index in [0.29, 0.717) is 6.42 Å². The van der Waals surface area contributed by atoms with Gasteiger partial charge in [-0.15, -0.1) is 0 Å². The number of nitrogens with zero attached hydrogens (tertiary/aromatic N) is 3. The van der Waals surface area contributed by atoms with Crippen molar-refractivity contribution in [3.63, 3.8) is 0 Å². The summed E-state index contributed by atoms with van der Waals surface area (Å²) in [5, 5.41) is 9.24. The Bertz CT molecular complexity index is 594. The van der Waals surface area contributed by atoms with Crippen molar-refractivity contribution in [3.05, 3.63) is 30.6 Å². The van der Waals surface area contributed by atoms with E-state index >= 15 is 0 Å². The quantitative estimate of drug-likeness (QED) is 0.869. The maximum atomic E-state index is 11.2. The first kappa shape index (κ1) is 11.0. The van der Waals surface area contributed by atoms with E-state index in [2.05, 4.69) is 9.97 Å². The number of aliphatic carboxylic acids is 1. The summed E-state index contributed by atoms with van der Waals surface area (Å²) in [5.41, 5.74) is 2.43. The van der Waals surface area contributed by atoms with Gasteiger partial charge >= 0.3 is 5.97 Å². The third-order valence-corrected chi connectivity index (χ3v) is 3.32. The lowest BCUT2D eigenvalue weighted by Crippen LogP contribution is -2.36. The molecule has 0 bridgehead atoms. The number of hydrogen-bond acceptors (Lipinski definition) is 4. The van der Waals surface area contributed by atoms with Crippen LogP contribution in [0.1, 0.15) is 12.8 Å². The van der Waals surface area contributed by atoms with Gasteiger partial charge in [0.15, 0.2) is 0 Å². The number of pyridine rings is 2. The van der Waals surface area contributed by atoms with Crippen LogP contribution in [0.25, 0.3) is 11.0 Å². The Morgan fingerprint density at radius 1 is 1.33 bits per heavy atom. The fourth-order valence-electron chi connectivity index (χ4n) is 2.51. The molecule has 2 aromatic rings. The van der Waals surface area contributed by atoms with Crippen molar-refractivity contribution in [2.24, 2.45) is 0 Å². The Hall–Kier alpha value is -2.17. The molecule has 0 amide bonds. The lowest BCUT2D eigenvalue weighted by molar-refractivity contribution is -0.138. The van der Waals surface area contributed by atoms with Gasteiger partial charge in [0.25, 0.3) is 0 Å². The van der Waals surface area contributed by atoms with E-state index < -0.39 is 12.0 Å². The molecule has 92 valence electrons. The van der Waals surface area contributed by atoms with Crippen molar-refractivity contribution in [1.29, 1.82) is 0 Å². The second-order valence-corrected chi connectivity index (χ2v) is 4.39. The summed E-state index contributed by atoms with van der Waals surface area (Å²) < 4.78 is 0. The summed E-state index contributed by atoms with van der Waals surface area (Å²) in [7, 11) is 0. The summed E-state index contributed by atoms with van der Waals surface area (Å²) in [6.45, 7) is 0.757. The molecule has 3 rings (SSSR count). The van der Waals surface area contributed by atoms with Crippen molar-refractivity contribution in [2.75, 3.05) is 11.4 Å². The number of fused-ring (bicyclic) bond motifs is 1. The van der Waals surface area contributed by atoms with Crippen molar-refractivity contribution in [3.8, 4) is 0 Å². The van der Waals surface area contributed by atoms with E-state index in [9.17, 15) is 9.90 Å². The van der Waals surface area contributed by atoms with Crippen molar-refractivity contribution >= 4 is 22.7 Å². The molecule has 1 aliphatic rings. The molecule has 5 nitrogen and oxygen atoms in total. The van der Waals surface area contributed by atoms with E-state index in [0.717, 1.165) is 29.7 Å². The van der Waals surface area contributed by atoms with Gasteiger partial charge in [-0.05, 0) is 31.0 Å². The minimum Gasteiger partial charge on any atom is -0.480 e. The zero-order valence-corrected chi connectivity index (χ0v) is 9.78. The number of carboxylic acid groups (broad SMARTS) is 1. The average Bonchev–Trinajstić information content (AvgIpc) is 2.87. The normalized spacial score (nSPS) is 19.3. The number of rotatable bonds is 2. The lowest BCUT2D eigenvalue weighted by Gasteiger charge is -2.24. The summed E-state index contributed by atoms with van der Waals surface area (Å²) in [6, 6.07) is 5.11. The SMILES string of the molecule is O=C(O)[C@H]1CCCN1c1ccnc2cccnc12. The lowest BCUT2D eigenvalue weighted by atomic mass is 10.2. The maximum absolute atomic E-state index is 11.2. The van der Waals surface area contributed by atoms with Gasteiger partial charge in [-0.1, -0.05) is 0 Å². The summed E-state index contributed by atoms with van der Waals surface area (Å²) in [4.78, 5) is 21.7. The number of carboxylic acids is 1. The van der Waals surface area contributed by atoms with E-state index in [1.54, 1.807) is 12.4 Å². The molecular weight excluding hydrogens is 230 g/mol. The van der Waals surface area contributed by atoms with Crippen LogP contribution >= 0.6 is 0 Å². The molecule has 18 heavy (non-hydrogen) atoms. The highest BCUT2D eigenvalue weighted by atomic mass is 16.4. The molecule has 1 saturated heterocycles. The summed E-state index contributed by atoms with van der Waals surface area (Å²) >= 11 is 0. The van der Waals surface area contributed by atoms with E-state index in [1.165, 1.54) is 0 Å². The van der Waals surface area contributed by atoms with Crippen LogP contribution in [-0.2, 0) is 4.79 Å². The van der Waals surface area contributed by atoms with Crippen LogP contribution in [0, 0.1) is 0 Å². The molecule has 5 heteroatoms. The third kappa shape index (κ3) is 1.68. The standard InChI is InChI=1S/C13H13N3O2/c17-13(18)11-4-2-8-16(11)10-5-7-14-9-3-1-6-15-12(9)10/h1,3,5-7,11H,2,4,8H2,(H,17,18)/t11-/m1/s1. The zero-order valence-electron chi connectivity index (χ0n) is 9.78. The van der Waals surface area contributed by atoms with Crippen LogP contribution in [0.4, 0.5) is 5.69 Å².